The predicted octanol–water partition coefficient (Wildman–Crippen LogP) is 5.00. The molecule has 0 unspecified atom stereocenters. The maximum Gasteiger partial charge on any atom is 0.203 e. The summed E-state index contributed by atoms with van der Waals surface area (Å²) in [5, 5.41) is 4.93. The van der Waals surface area contributed by atoms with Crippen molar-refractivity contribution in [3.05, 3.63) is 53.7 Å². The van der Waals surface area contributed by atoms with Crippen LogP contribution in [0.4, 0.5) is 5.69 Å². The molecule has 1 N–H and O–H groups in total. The maximum absolute atomic E-state index is 6.76. The average molecular weight is 493 g/mol. The lowest BCUT2D eigenvalue weighted by Gasteiger charge is -2.29. The van der Waals surface area contributed by atoms with E-state index in [0.717, 1.165) is 59.6 Å². The van der Waals surface area contributed by atoms with Gasteiger partial charge in [0.05, 0.1) is 32.0 Å². The van der Waals surface area contributed by atoms with E-state index in [4.69, 9.17) is 25.8 Å². The van der Waals surface area contributed by atoms with E-state index in [0.29, 0.717) is 22.3 Å². The number of anilines is 1. The summed E-state index contributed by atoms with van der Waals surface area (Å²) in [4.78, 5) is 7.06. The smallest absolute Gasteiger partial charge is 0.203 e. The summed E-state index contributed by atoms with van der Waals surface area (Å²) in [7, 11) is 6.86. The van der Waals surface area contributed by atoms with Crippen LogP contribution in [0, 0.1) is 0 Å². The molecule has 0 amide bonds. The number of nitrogens with one attached hydrogen (secondary N) is 1. The van der Waals surface area contributed by atoms with Crippen molar-refractivity contribution in [2.45, 2.75) is 0 Å². The molecule has 0 aliphatic carbocycles. The van der Waals surface area contributed by atoms with Crippen molar-refractivity contribution in [3.63, 3.8) is 0 Å². The van der Waals surface area contributed by atoms with Crippen LogP contribution in [0.25, 0.3) is 33.4 Å². The van der Waals surface area contributed by atoms with Crippen LogP contribution in [-0.4, -0.2) is 57.1 Å². The summed E-state index contributed by atoms with van der Waals surface area (Å²) in [5.41, 5.74) is 5.99. The fourth-order valence-corrected chi connectivity index (χ4v) is 5.14. The van der Waals surface area contributed by atoms with Gasteiger partial charge in [0.25, 0.3) is 0 Å². The quantitative estimate of drug-likeness (QED) is 0.409. The molecular weight excluding hydrogens is 464 g/mol. The average Bonchev–Trinajstić information content (AvgIpc) is 3.21. The second kappa shape index (κ2) is 9.68. The number of aromatic nitrogens is 2. The number of benzene rings is 2. The van der Waals surface area contributed by atoms with E-state index in [-0.39, 0.29) is 0 Å². The number of nitrogens with zero attached hydrogens (tertiary/aromatic N) is 3. The van der Waals surface area contributed by atoms with Crippen molar-refractivity contribution < 1.29 is 14.2 Å². The Kier molecular flexibility index (Phi) is 6.45. The van der Waals surface area contributed by atoms with Crippen LogP contribution in [0.15, 0.2) is 48.7 Å². The van der Waals surface area contributed by atoms with Gasteiger partial charge in [-0.15, -0.1) is 0 Å². The van der Waals surface area contributed by atoms with Crippen LogP contribution in [0.1, 0.15) is 0 Å². The van der Waals surface area contributed by atoms with Gasteiger partial charge in [0, 0.05) is 56.1 Å². The van der Waals surface area contributed by atoms with Gasteiger partial charge in [-0.1, -0.05) is 23.7 Å². The standard InChI is InChI=1S/C27H29ClN4O3/c1-31-25(17-5-7-19(8-6-17)32-13-11-29-12-14-32)23(24-20(28)9-10-30-27(24)31)18-15-21(33-2)26(35-4)22(16-18)34-3/h5-10,15-16,29H,11-14H2,1-4H3. The molecule has 3 heterocycles. The third kappa shape index (κ3) is 4.05. The molecule has 1 aliphatic rings. The Morgan fingerprint density at radius 2 is 1.54 bits per heavy atom. The zero-order chi connectivity index (χ0) is 24.5. The van der Waals surface area contributed by atoms with Gasteiger partial charge in [-0.05, 0) is 41.5 Å². The molecule has 0 atom stereocenters. The minimum atomic E-state index is 0.546. The van der Waals surface area contributed by atoms with Gasteiger partial charge in [0.2, 0.25) is 5.75 Å². The number of fused-ring (bicyclic) bond motifs is 1. The van der Waals surface area contributed by atoms with Gasteiger partial charge in [0.1, 0.15) is 5.65 Å². The van der Waals surface area contributed by atoms with E-state index in [1.165, 1.54) is 5.69 Å². The molecule has 35 heavy (non-hydrogen) atoms. The zero-order valence-corrected chi connectivity index (χ0v) is 21.1. The summed E-state index contributed by atoms with van der Waals surface area (Å²) < 4.78 is 18.9. The van der Waals surface area contributed by atoms with Crippen molar-refractivity contribution in [1.29, 1.82) is 0 Å². The van der Waals surface area contributed by atoms with Crippen molar-refractivity contribution >= 4 is 28.3 Å². The van der Waals surface area contributed by atoms with Gasteiger partial charge in [-0.25, -0.2) is 4.98 Å². The summed E-state index contributed by atoms with van der Waals surface area (Å²) in [6.07, 6.45) is 1.74. The van der Waals surface area contributed by atoms with Crippen LogP contribution >= 0.6 is 11.6 Å². The summed E-state index contributed by atoms with van der Waals surface area (Å²) >= 11 is 6.76. The fraction of sp³-hybridized carbons (Fsp3) is 0.296. The van der Waals surface area contributed by atoms with Crippen LogP contribution in [0.3, 0.4) is 0 Å². The second-order valence-electron chi connectivity index (χ2n) is 8.47. The molecule has 1 saturated heterocycles. The number of hydrogen-bond acceptors (Lipinski definition) is 6. The van der Waals surface area contributed by atoms with Gasteiger partial charge in [0.15, 0.2) is 11.5 Å². The number of rotatable bonds is 6. The summed E-state index contributed by atoms with van der Waals surface area (Å²) in [6.45, 7) is 4.01. The van der Waals surface area contributed by atoms with Crippen LogP contribution in [0.2, 0.25) is 5.02 Å². The molecule has 8 heteroatoms. The van der Waals surface area contributed by atoms with E-state index in [1.807, 2.05) is 25.2 Å². The molecule has 7 nitrogen and oxygen atoms in total. The van der Waals surface area contributed by atoms with E-state index < -0.39 is 0 Å². The molecule has 5 rings (SSSR count). The molecule has 0 bridgehead atoms. The Morgan fingerprint density at radius 1 is 0.886 bits per heavy atom. The van der Waals surface area contributed by atoms with Crippen LogP contribution in [0.5, 0.6) is 17.2 Å². The fourth-order valence-electron chi connectivity index (χ4n) is 4.90. The second-order valence-corrected chi connectivity index (χ2v) is 8.88. The number of ether oxygens (including phenoxy) is 3. The Morgan fingerprint density at radius 3 is 2.14 bits per heavy atom. The molecule has 1 aliphatic heterocycles. The Hall–Kier alpha value is -3.42. The molecule has 182 valence electrons. The van der Waals surface area contributed by atoms with E-state index in [2.05, 4.69) is 44.0 Å². The minimum absolute atomic E-state index is 0.546. The number of methoxy groups -OCH3 is 3. The van der Waals surface area contributed by atoms with Gasteiger partial charge < -0.3 is 29.0 Å². The summed E-state index contributed by atoms with van der Waals surface area (Å²) in [5.74, 6) is 1.71. The van der Waals surface area contributed by atoms with Gasteiger partial charge in [-0.3, -0.25) is 0 Å². The first-order valence-corrected chi connectivity index (χ1v) is 11.9. The third-order valence-electron chi connectivity index (χ3n) is 6.60. The zero-order valence-electron chi connectivity index (χ0n) is 20.4. The lowest BCUT2D eigenvalue weighted by Crippen LogP contribution is -2.43. The highest BCUT2D eigenvalue weighted by Crippen LogP contribution is 2.47. The normalized spacial score (nSPS) is 13.8. The topological polar surface area (TPSA) is 60.8 Å². The first kappa shape index (κ1) is 23.3. The number of piperazine rings is 1. The third-order valence-corrected chi connectivity index (χ3v) is 6.91. The Labute approximate surface area is 210 Å². The van der Waals surface area contributed by atoms with E-state index in [9.17, 15) is 0 Å². The Bertz CT molecular complexity index is 1340. The maximum atomic E-state index is 6.76. The summed E-state index contributed by atoms with van der Waals surface area (Å²) in [6, 6.07) is 14.4. The number of halogens is 1. The molecular formula is C27H29ClN4O3. The minimum Gasteiger partial charge on any atom is -0.493 e. The van der Waals surface area contributed by atoms with Crippen LogP contribution < -0.4 is 24.4 Å². The first-order valence-electron chi connectivity index (χ1n) is 11.6. The largest absolute Gasteiger partial charge is 0.493 e. The molecule has 0 spiro atoms. The predicted molar refractivity (Wildman–Crippen MR) is 141 cm³/mol. The van der Waals surface area contributed by atoms with Crippen molar-refractivity contribution in [1.82, 2.24) is 14.9 Å². The molecule has 2 aromatic carbocycles. The lowest BCUT2D eigenvalue weighted by atomic mass is 9.97. The molecule has 4 aromatic rings. The number of pyridine rings is 1. The SMILES string of the molecule is COc1cc(-c2c(-c3ccc(N4CCNCC4)cc3)n(C)c3nccc(Cl)c23)cc(OC)c1OC. The monoisotopic (exact) mass is 492 g/mol. The van der Waals surface area contributed by atoms with Crippen molar-refractivity contribution in [2.24, 2.45) is 7.05 Å². The molecule has 0 radical (unpaired) electrons. The highest BCUT2D eigenvalue weighted by atomic mass is 35.5. The first-order chi connectivity index (χ1) is 17.1. The molecule has 1 fully saturated rings. The highest BCUT2D eigenvalue weighted by Gasteiger charge is 2.24. The number of aryl methyl sites for hydroxylation is 1. The van der Waals surface area contributed by atoms with E-state index >= 15 is 0 Å². The van der Waals surface area contributed by atoms with Crippen molar-refractivity contribution in [2.75, 3.05) is 52.4 Å². The van der Waals surface area contributed by atoms with Crippen molar-refractivity contribution in [3.8, 4) is 39.6 Å². The van der Waals surface area contributed by atoms with Gasteiger partial charge >= 0.3 is 0 Å². The lowest BCUT2D eigenvalue weighted by molar-refractivity contribution is 0.324. The van der Waals surface area contributed by atoms with Gasteiger partial charge in [-0.2, -0.15) is 0 Å². The van der Waals surface area contributed by atoms with E-state index in [1.54, 1.807) is 27.5 Å². The number of hydrogen-bond donors (Lipinski definition) is 1. The molecule has 0 saturated carbocycles. The molecule has 2 aromatic heterocycles. The Balaban J connectivity index is 1.73. The highest BCUT2D eigenvalue weighted by molar-refractivity contribution is 6.37. The van der Waals surface area contributed by atoms with Crippen LogP contribution in [-0.2, 0) is 7.05 Å².